The van der Waals surface area contributed by atoms with Gasteiger partial charge in [0.1, 0.15) is 0 Å². The van der Waals surface area contributed by atoms with Gasteiger partial charge in [0.15, 0.2) is 0 Å². The molecule has 16 heavy (non-hydrogen) atoms. The first-order chi connectivity index (χ1) is 7.50. The minimum absolute atomic E-state index is 0.0334. The molecule has 0 heterocycles. The van der Waals surface area contributed by atoms with E-state index in [-0.39, 0.29) is 5.41 Å². The zero-order valence-corrected chi connectivity index (χ0v) is 10.5. The summed E-state index contributed by atoms with van der Waals surface area (Å²) in [5.41, 5.74) is 3.78. The normalized spacial score (nSPS) is 16.6. The van der Waals surface area contributed by atoms with Gasteiger partial charge in [0.25, 0.3) is 0 Å². The Hall–Kier alpha value is -1.48. The molecule has 0 nitrogen and oxygen atoms in total. The fourth-order valence-corrected chi connectivity index (χ4v) is 2.08. The van der Waals surface area contributed by atoms with Crippen LogP contribution in [0.3, 0.4) is 0 Å². The van der Waals surface area contributed by atoms with Crippen LogP contribution in [-0.2, 0) is 0 Å². The molecule has 0 bridgehead atoms. The van der Waals surface area contributed by atoms with Gasteiger partial charge in [-0.3, -0.25) is 0 Å². The topological polar surface area (TPSA) is 0 Å². The summed E-state index contributed by atoms with van der Waals surface area (Å²) in [6.45, 7) is 10.7. The monoisotopic (exact) mass is 212 g/mol. The summed E-state index contributed by atoms with van der Waals surface area (Å²) in [7, 11) is 0. The van der Waals surface area contributed by atoms with Gasteiger partial charge in [-0.05, 0) is 37.0 Å². The Morgan fingerprint density at radius 2 is 2.06 bits per heavy atom. The summed E-state index contributed by atoms with van der Waals surface area (Å²) in [6.07, 6.45) is 15.8. The lowest BCUT2D eigenvalue weighted by Gasteiger charge is -2.31. The van der Waals surface area contributed by atoms with Crippen LogP contribution in [-0.4, -0.2) is 0 Å². The van der Waals surface area contributed by atoms with Crippen LogP contribution >= 0.6 is 0 Å². The van der Waals surface area contributed by atoms with Gasteiger partial charge in [-0.2, -0.15) is 0 Å². The van der Waals surface area contributed by atoms with Gasteiger partial charge < -0.3 is 0 Å². The molecule has 0 amide bonds. The molecule has 0 aliphatic heterocycles. The zero-order chi connectivity index (χ0) is 12.2. The van der Waals surface area contributed by atoms with Gasteiger partial charge in [-0.15, -0.1) is 6.42 Å². The smallest absolute Gasteiger partial charge is 0.0140 e. The minimum Gasteiger partial charge on any atom is -0.115 e. The molecule has 1 aliphatic carbocycles. The van der Waals surface area contributed by atoms with Crippen LogP contribution in [0.25, 0.3) is 0 Å². The molecule has 0 saturated heterocycles. The third-order valence-corrected chi connectivity index (χ3v) is 3.25. The largest absolute Gasteiger partial charge is 0.115 e. The van der Waals surface area contributed by atoms with E-state index in [1.807, 2.05) is 6.08 Å². The van der Waals surface area contributed by atoms with Crippen LogP contribution in [0, 0.1) is 17.8 Å². The van der Waals surface area contributed by atoms with E-state index >= 15 is 0 Å². The minimum atomic E-state index is -0.0334. The molecule has 0 unspecified atom stereocenters. The quantitative estimate of drug-likeness (QED) is 0.479. The summed E-state index contributed by atoms with van der Waals surface area (Å²) >= 11 is 0. The second-order valence-corrected chi connectivity index (χ2v) is 4.73. The first-order valence-corrected chi connectivity index (χ1v) is 5.70. The highest BCUT2D eigenvalue weighted by Gasteiger charge is 2.26. The first kappa shape index (κ1) is 12.6. The van der Waals surface area contributed by atoms with E-state index in [0.717, 1.165) is 18.4 Å². The maximum absolute atomic E-state index is 5.22. The summed E-state index contributed by atoms with van der Waals surface area (Å²) in [4.78, 5) is 0. The molecule has 0 aromatic rings. The molecule has 84 valence electrons. The van der Waals surface area contributed by atoms with E-state index in [1.165, 1.54) is 11.1 Å². The van der Waals surface area contributed by atoms with Crippen molar-refractivity contribution in [3.05, 3.63) is 47.6 Å². The van der Waals surface area contributed by atoms with Crippen LogP contribution in [0.5, 0.6) is 0 Å². The van der Waals surface area contributed by atoms with Gasteiger partial charge in [0.2, 0.25) is 0 Å². The summed E-state index contributed by atoms with van der Waals surface area (Å²) in [5, 5.41) is 0. The average molecular weight is 212 g/mol. The SMILES string of the molecule is C#C/C=C/C(=C)C(C)(C)C1=CCCC=C1C. The molecular formula is C16H20. The molecular weight excluding hydrogens is 192 g/mol. The van der Waals surface area contributed by atoms with Crippen LogP contribution in [0.1, 0.15) is 33.6 Å². The molecule has 1 aliphatic rings. The molecule has 0 heteroatoms. The van der Waals surface area contributed by atoms with Crippen LogP contribution in [0.4, 0.5) is 0 Å². The summed E-state index contributed by atoms with van der Waals surface area (Å²) in [5.74, 6) is 2.51. The van der Waals surface area contributed by atoms with Gasteiger partial charge in [-0.25, -0.2) is 0 Å². The second-order valence-electron chi connectivity index (χ2n) is 4.73. The summed E-state index contributed by atoms with van der Waals surface area (Å²) in [6, 6.07) is 0. The van der Waals surface area contributed by atoms with Gasteiger partial charge >= 0.3 is 0 Å². The molecule has 0 aromatic carbocycles. The van der Waals surface area contributed by atoms with Crippen molar-refractivity contribution in [2.45, 2.75) is 33.6 Å². The van der Waals surface area contributed by atoms with E-state index < -0.39 is 0 Å². The molecule has 0 spiro atoms. The highest BCUT2D eigenvalue weighted by molar-refractivity contribution is 5.45. The van der Waals surface area contributed by atoms with Crippen molar-refractivity contribution in [3.8, 4) is 12.3 Å². The van der Waals surface area contributed by atoms with Crippen molar-refractivity contribution in [1.82, 2.24) is 0 Å². The molecule has 0 atom stereocenters. The third-order valence-electron chi connectivity index (χ3n) is 3.25. The number of rotatable bonds is 3. The van der Waals surface area contributed by atoms with Crippen LogP contribution in [0.2, 0.25) is 0 Å². The van der Waals surface area contributed by atoms with Crippen LogP contribution < -0.4 is 0 Å². The molecule has 0 radical (unpaired) electrons. The second kappa shape index (κ2) is 5.03. The number of hydrogen-bond acceptors (Lipinski definition) is 0. The Bertz CT molecular complexity index is 406. The lowest BCUT2D eigenvalue weighted by molar-refractivity contribution is 0.554. The molecule has 0 saturated carbocycles. The van der Waals surface area contributed by atoms with Crippen molar-refractivity contribution in [2.75, 3.05) is 0 Å². The first-order valence-electron chi connectivity index (χ1n) is 5.70. The van der Waals surface area contributed by atoms with E-state index in [2.05, 4.69) is 45.4 Å². The highest BCUT2D eigenvalue weighted by atomic mass is 14.3. The van der Waals surface area contributed by atoms with Gasteiger partial charge in [0, 0.05) is 5.41 Å². The predicted molar refractivity (Wildman–Crippen MR) is 72.0 cm³/mol. The number of terminal acetylenes is 1. The fraction of sp³-hybridized carbons (Fsp3) is 0.375. The fourth-order valence-electron chi connectivity index (χ4n) is 2.08. The Kier molecular flexibility index (Phi) is 3.96. The Morgan fingerprint density at radius 3 is 2.62 bits per heavy atom. The standard InChI is InChI=1S/C16H20/c1-6-7-11-14(3)16(4,5)15-12-9-8-10-13(15)2/h1,7,10-12H,3,8-9H2,2,4-5H3/b11-7+. The molecule has 1 rings (SSSR count). The van der Waals surface area contributed by atoms with Gasteiger partial charge in [0.05, 0.1) is 0 Å². The number of hydrogen-bond donors (Lipinski definition) is 0. The van der Waals surface area contributed by atoms with Crippen LogP contribution in [0.15, 0.2) is 47.6 Å². The van der Waals surface area contributed by atoms with E-state index in [0.29, 0.717) is 0 Å². The maximum atomic E-state index is 5.22. The Labute approximate surface area is 99.4 Å². The Balaban J connectivity index is 2.98. The number of allylic oxidation sites excluding steroid dienone is 7. The van der Waals surface area contributed by atoms with E-state index in [1.54, 1.807) is 6.08 Å². The van der Waals surface area contributed by atoms with Crippen molar-refractivity contribution < 1.29 is 0 Å². The molecule has 0 N–H and O–H groups in total. The van der Waals surface area contributed by atoms with Crippen molar-refractivity contribution >= 4 is 0 Å². The predicted octanol–water partition coefficient (Wildman–Crippen LogP) is 4.42. The van der Waals surface area contributed by atoms with Crippen molar-refractivity contribution in [2.24, 2.45) is 5.41 Å². The van der Waals surface area contributed by atoms with E-state index in [4.69, 9.17) is 6.42 Å². The van der Waals surface area contributed by atoms with Crippen molar-refractivity contribution in [3.63, 3.8) is 0 Å². The maximum Gasteiger partial charge on any atom is 0.0140 e. The lowest BCUT2D eigenvalue weighted by Crippen LogP contribution is -2.18. The highest BCUT2D eigenvalue weighted by Crippen LogP contribution is 2.40. The summed E-state index contributed by atoms with van der Waals surface area (Å²) < 4.78 is 0. The van der Waals surface area contributed by atoms with Gasteiger partial charge in [-0.1, -0.05) is 50.1 Å². The average Bonchev–Trinajstić information content (AvgIpc) is 2.26. The Morgan fingerprint density at radius 1 is 1.44 bits per heavy atom. The van der Waals surface area contributed by atoms with E-state index in [9.17, 15) is 0 Å². The molecule has 0 fully saturated rings. The third kappa shape index (κ3) is 2.55. The zero-order valence-electron chi connectivity index (χ0n) is 10.5. The lowest BCUT2D eigenvalue weighted by atomic mass is 9.73. The molecule has 0 aromatic heterocycles. The van der Waals surface area contributed by atoms with Crippen molar-refractivity contribution in [1.29, 1.82) is 0 Å².